The molecule has 4 aliphatic rings. The van der Waals surface area contributed by atoms with Crippen LogP contribution in [0.15, 0.2) is 48.5 Å². The first kappa shape index (κ1) is 18.7. The fraction of sp³-hybridized carbons (Fsp3) is 0.417. The van der Waals surface area contributed by atoms with Crippen LogP contribution in [-0.4, -0.2) is 64.8 Å². The first-order chi connectivity index (χ1) is 15.1. The van der Waals surface area contributed by atoms with Crippen molar-refractivity contribution in [3.8, 4) is 11.5 Å². The predicted molar refractivity (Wildman–Crippen MR) is 111 cm³/mol. The van der Waals surface area contributed by atoms with E-state index in [2.05, 4.69) is 12.1 Å². The highest BCUT2D eigenvalue weighted by Gasteiger charge is 2.68. The molecule has 2 aromatic carbocycles. The molecule has 6 rings (SSSR count). The van der Waals surface area contributed by atoms with E-state index in [1.807, 2.05) is 23.1 Å². The molecule has 3 fully saturated rings. The maximum atomic E-state index is 13.1. The second-order valence-corrected chi connectivity index (χ2v) is 8.95. The highest BCUT2D eigenvalue weighted by atomic mass is 16.7. The Hall–Kier alpha value is -3.06. The summed E-state index contributed by atoms with van der Waals surface area (Å²) >= 11 is 0. The topological polar surface area (TPSA) is 79.3 Å². The van der Waals surface area contributed by atoms with Gasteiger partial charge in [0.25, 0.3) is 5.91 Å². The third kappa shape index (κ3) is 2.69. The van der Waals surface area contributed by atoms with Crippen molar-refractivity contribution in [2.75, 3.05) is 26.5 Å². The van der Waals surface area contributed by atoms with Crippen LogP contribution in [-0.2, 0) is 4.79 Å². The van der Waals surface area contributed by atoms with Gasteiger partial charge in [0, 0.05) is 30.5 Å². The van der Waals surface area contributed by atoms with Crippen LogP contribution in [0.3, 0.4) is 0 Å². The smallest absolute Gasteiger partial charge is 0.254 e. The molecule has 2 aromatic rings. The molecular weight excluding hydrogens is 396 g/mol. The number of likely N-dealkylation sites (tertiary alicyclic amines) is 2. The molecule has 3 heterocycles. The summed E-state index contributed by atoms with van der Waals surface area (Å²) in [4.78, 5) is 29.9. The van der Waals surface area contributed by atoms with E-state index in [-0.39, 0.29) is 43.1 Å². The average molecular weight is 420 g/mol. The van der Waals surface area contributed by atoms with Crippen LogP contribution in [0.2, 0.25) is 0 Å². The Kier molecular flexibility index (Phi) is 4.05. The number of amides is 2. The Morgan fingerprint density at radius 2 is 1.77 bits per heavy atom. The highest BCUT2D eigenvalue weighted by Crippen LogP contribution is 2.55. The lowest BCUT2D eigenvalue weighted by molar-refractivity contribution is -0.194. The summed E-state index contributed by atoms with van der Waals surface area (Å²) < 4.78 is 10.7. The second kappa shape index (κ2) is 6.72. The number of ether oxygens (including phenoxy) is 2. The van der Waals surface area contributed by atoms with Gasteiger partial charge in [0.2, 0.25) is 12.7 Å². The molecule has 3 aliphatic heterocycles. The molecule has 0 bridgehead atoms. The number of aliphatic hydroxyl groups is 1. The van der Waals surface area contributed by atoms with Gasteiger partial charge in [-0.05, 0) is 36.6 Å². The minimum atomic E-state index is -0.444. The van der Waals surface area contributed by atoms with Gasteiger partial charge in [-0.25, -0.2) is 0 Å². The molecule has 1 aliphatic carbocycles. The zero-order valence-electron chi connectivity index (χ0n) is 17.1. The molecule has 160 valence electrons. The maximum absolute atomic E-state index is 13.1. The Morgan fingerprint density at radius 3 is 2.48 bits per heavy atom. The van der Waals surface area contributed by atoms with Gasteiger partial charge in [-0.3, -0.25) is 9.59 Å². The van der Waals surface area contributed by atoms with E-state index in [0.29, 0.717) is 30.2 Å². The van der Waals surface area contributed by atoms with Crippen LogP contribution in [0.4, 0.5) is 0 Å². The zero-order valence-corrected chi connectivity index (χ0v) is 17.1. The third-order valence-electron chi connectivity index (χ3n) is 7.12. The molecule has 1 N–H and O–H groups in total. The monoisotopic (exact) mass is 420 g/mol. The third-order valence-corrected chi connectivity index (χ3v) is 7.12. The Bertz CT molecular complexity index is 1050. The number of rotatable bonds is 4. The SMILES string of the molecule is O=C(c1ccc2c(c1)OCO2)N1CC2(C1)[C@H](c1ccccc1)[C@H](CO)N2C(=O)C1CC1. The van der Waals surface area contributed by atoms with Crippen molar-refractivity contribution in [1.82, 2.24) is 9.80 Å². The Morgan fingerprint density at radius 1 is 1.03 bits per heavy atom. The number of nitrogens with zero attached hydrogens (tertiary/aromatic N) is 2. The summed E-state index contributed by atoms with van der Waals surface area (Å²) in [5.41, 5.74) is 1.21. The minimum absolute atomic E-state index is 0.0159. The van der Waals surface area contributed by atoms with Gasteiger partial charge >= 0.3 is 0 Å². The van der Waals surface area contributed by atoms with Gasteiger partial charge < -0.3 is 24.4 Å². The van der Waals surface area contributed by atoms with E-state index in [4.69, 9.17) is 9.47 Å². The number of carbonyl (C=O) groups is 2. The van der Waals surface area contributed by atoms with Gasteiger partial charge in [0.05, 0.1) is 18.2 Å². The summed E-state index contributed by atoms with van der Waals surface area (Å²) in [5, 5.41) is 10.1. The van der Waals surface area contributed by atoms with Crippen LogP contribution >= 0.6 is 0 Å². The van der Waals surface area contributed by atoms with Crippen molar-refractivity contribution in [1.29, 1.82) is 0 Å². The Balaban J connectivity index is 1.28. The van der Waals surface area contributed by atoms with Crippen molar-refractivity contribution < 1.29 is 24.2 Å². The van der Waals surface area contributed by atoms with Gasteiger partial charge in [-0.2, -0.15) is 0 Å². The molecule has 2 saturated heterocycles. The summed E-state index contributed by atoms with van der Waals surface area (Å²) in [6.07, 6.45) is 1.83. The Labute approximate surface area is 180 Å². The standard InChI is InChI=1S/C24H24N2O5/c27-11-18-21(15-4-2-1-3-5-15)24(26(18)23(29)16-6-7-16)12-25(13-24)22(28)17-8-9-19-20(10-17)31-14-30-19/h1-5,8-10,16,18,21,27H,6-7,11-14H2/t18-,21+/m0/s1. The van der Waals surface area contributed by atoms with Crippen molar-refractivity contribution in [2.45, 2.75) is 30.3 Å². The molecule has 2 atom stereocenters. The average Bonchev–Trinajstić information content (AvgIpc) is 3.50. The number of hydrogen-bond donors (Lipinski definition) is 1. The number of aliphatic hydroxyl groups excluding tert-OH is 1. The molecule has 0 unspecified atom stereocenters. The largest absolute Gasteiger partial charge is 0.454 e. The first-order valence-electron chi connectivity index (χ1n) is 10.8. The summed E-state index contributed by atoms with van der Waals surface area (Å²) in [6.45, 7) is 1.03. The molecular formula is C24H24N2O5. The quantitative estimate of drug-likeness (QED) is 0.819. The van der Waals surface area contributed by atoms with Crippen LogP contribution in [0.5, 0.6) is 11.5 Å². The summed E-state index contributed by atoms with van der Waals surface area (Å²) in [6, 6.07) is 15.0. The number of benzene rings is 2. The second-order valence-electron chi connectivity index (χ2n) is 8.95. The van der Waals surface area contributed by atoms with Gasteiger partial charge in [-0.1, -0.05) is 30.3 Å². The van der Waals surface area contributed by atoms with E-state index in [1.54, 1.807) is 23.1 Å². The van der Waals surface area contributed by atoms with E-state index >= 15 is 0 Å². The molecule has 0 aromatic heterocycles. The minimum Gasteiger partial charge on any atom is -0.454 e. The lowest BCUT2D eigenvalue weighted by Crippen LogP contribution is -2.86. The van der Waals surface area contributed by atoms with Crippen molar-refractivity contribution in [3.63, 3.8) is 0 Å². The van der Waals surface area contributed by atoms with E-state index < -0.39 is 5.54 Å². The lowest BCUT2D eigenvalue weighted by atomic mass is 9.60. The molecule has 7 heteroatoms. The molecule has 7 nitrogen and oxygen atoms in total. The fourth-order valence-corrected chi connectivity index (χ4v) is 5.51. The summed E-state index contributed by atoms with van der Waals surface area (Å²) in [7, 11) is 0. The number of carbonyl (C=O) groups excluding carboxylic acids is 2. The molecule has 1 spiro atoms. The van der Waals surface area contributed by atoms with Crippen molar-refractivity contribution >= 4 is 11.8 Å². The van der Waals surface area contributed by atoms with E-state index in [0.717, 1.165) is 18.4 Å². The van der Waals surface area contributed by atoms with Crippen LogP contribution in [0.25, 0.3) is 0 Å². The zero-order chi connectivity index (χ0) is 21.2. The van der Waals surface area contributed by atoms with Crippen LogP contribution < -0.4 is 9.47 Å². The molecule has 31 heavy (non-hydrogen) atoms. The first-order valence-corrected chi connectivity index (χ1v) is 10.8. The van der Waals surface area contributed by atoms with Crippen LogP contribution in [0, 0.1) is 5.92 Å². The highest BCUT2D eigenvalue weighted by molar-refractivity contribution is 5.96. The molecule has 0 radical (unpaired) electrons. The van der Waals surface area contributed by atoms with Gasteiger partial charge in [-0.15, -0.1) is 0 Å². The fourth-order valence-electron chi connectivity index (χ4n) is 5.51. The van der Waals surface area contributed by atoms with Crippen molar-refractivity contribution in [3.05, 3.63) is 59.7 Å². The predicted octanol–water partition coefficient (Wildman–Crippen LogP) is 2.01. The van der Waals surface area contributed by atoms with Crippen LogP contribution in [0.1, 0.15) is 34.7 Å². The molecule has 1 saturated carbocycles. The normalized spacial score (nSPS) is 25.2. The number of hydrogen-bond acceptors (Lipinski definition) is 5. The van der Waals surface area contributed by atoms with Gasteiger partial charge in [0.15, 0.2) is 11.5 Å². The van der Waals surface area contributed by atoms with E-state index in [9.17, 15) is 14.7 Å². The maximum Gasteiger partial charge on any atom is 0.254 e. The molecule has 2 amide bonds. The van der Waals surface area contributed by atoms with Crippen molar-refractivity contribution in [2.24, 2.45) is 5.92 Å². The van der Waals surface area contributed by atoms with Gasteiger partial charge in [0.1, 0.15) is 0 Å². The van der Waals surface area contributed by atoms with E-state index in [1.165, 1.54) is 0 Å². The number of fused-ring (bicyclic) bond motifs is 1. The summed E-state index contributed by atoms with van der Waals surface area (Å²) in [5.74, 6) is 1.36. The lowest BCUT2D eigenvalue weighted by Gasteiger charge is -2.70.